The van der Waals surface area contributed by atoms with Crippen molar-refractivity contribution in [3.05, 3.63) is 41.3 Å². The molecule has 172 valence electrons. The van der Waals surface area contributed by atoms with Gasteiger partial charge in [0, 0.05) is 38.3 Å². The second-order valence-electron chi connectivity index (χ2n) is 8.62. The lowest BCUT2D eigenvalue weighted by atomic mass is 9.97. The number of amides is 1. The van der Waals surface area contributed by atoms with Crippen LogP contribution in [0.3, 0.4) is 0 Å². The predicted molar refractivity (Wildman–Crippen MR) is 131 cm³/mol. The highest BCUT2D eigenvalue weighted by molar-refractivity contribution is 7.19. The Kier molecular flexibility index (Phi) is 5.86. The van der Waals surface area contributed by atoms with Crippen molar-refractivity contribution in [3.63, 3.8) is 0 Å². The third kappa shape index (κ3) is 4.23. The molecule has 6 rings (SSSR count). The summed E-state index contributed by atoms with van der Waals surface area (Å²) in [6, 6.07) is 4.13. The van der Waals surface area contributed by atoms with Gasteiger partial charge in [-0.05, 0) is 43.4 Å². The van der Waals surface area contributed by atoms with Crippen LogP contribution in [0.5, 0.6) is 0 Å². The molecule has 0 saturated carbocycles. The van der Waals surface area contributed by atoms with Crippen molar-refractivity contribution < 1.29 is 9.90 Å². The lowest BCUT2D eigenvalue weighted by Gasteiger charge is -2.31. The first-order valence-corrected chi connectivity index (χ1v) is 11.9. The maximum atomic E-state index is 9.75. The van der Waals surface area contributed by atoms with Gasteiger partial charge in [0.2, 0.25) is 6.41 Å². The first kappa shape index (κ1) is 21.6. The molecule has 2 aliphatic rings. The molecular weight excluding hydrogens is 438 g/mol. The van der Waals surface area contributed by atoms with E-state index in [1.54, 1.807) is 6.33 Å². The summed E-state index contributed by atoms with van der Waals surface area (Å²) in [7, 11) is 4.08. The average Bonchev–Trinajstić information content (AvgIpc) is 3.41. The number of hydrogen-bond donors (Lipinski definition) is 2. The van der Waals surface area contributed by atoms with Crippen molar-refractivity contribution in [3.8, 4) is 0 Å². The summed E-state index contributed by atoms with van der Waals surface area (Å²) in [5.74, 6) is 0.904. The number of likely N-dealkylation sites (tertiary alicyclic amines) is 1. The SMILES string of the molecule is CN(C)c1cn2nccc2cc1Nc1ncnc2sc3c(c12)CCCC3.O=CN1CC(O)C1. The summed E-state index contributed by atoms with van der Waals surface area (Å²) in [5, 5.41) is 17.7. The summed E-state index contributed by atoms with van der Waals surface area (Å²) in [6.07, 6.45) is 10.8. The van der Waals surface area contributed by atoms with Gasteiger partial charge in [0.15, 0.2) is 0 Å². The van der Waals surface area contributed by atoms with Crippen LogP contribution in [-0.2, 0) is 17.6 Å². The van der Waals surface area contributed by atoms with E-state index in [0.29, 0.717) is 13.1 Å². The minimum absolute atomic E-state index is 0.259. The summed E-state index contributed by atoms with van der Waals surface area (Å²) in [4.78, 5) is 25.0. The third-order valence-electron chi connectivity index (χ3n) is 6.04. The number of aliphatic hydroxyl groups is 1. The lowest BCUT2D eigenvalue weighted by Crippen LogP contribution is -2.49. The Bertz CT molecular complexity index is 1290. The molecule has 1 aliphatic carbocycles. The minimum Gasteiger partial charge on any atom is -0.389 e. The number of rotatable bonds is 4. The molecule has 4 aromatic rings. The number of aryl methyl sites for hydroxylation is 2. The van der Waals surface area contributed by atoms with Crippen LogP contribution in [0, 0.1) is 0 Å². The Labute approximate surface area is 195 Å². The van der Waals surface area contributed by atoms with E-state index in [1.165, 1.54) is 40.0 Å². The number of carbonyl (C=O) groups is 1. The zero-order valence-electron chi connectivity index (χ0n) is 18.7. The van der Waals surface area contributed by atoms with E-state index in [4.69, 9.17) is 5.11 Å². The molecular formula is C23H27N7O2S. The van der Waals surface area contributed by atoms with E-state index in [2.05, 4.69) is 31.3 Å². The zero-order valence-corrected chi connectivity index (χ0v) is 19.5. The molecule has 10 heteroatoms. The van der Waals surface area contributed by atoms with Gasteiger partial charge in [-0.3, -0.25) is 4.79 Å². The summed E-state index contributed by atoms with van der Waals surface area (Å²) >= 11 is 1.82. The van der Waals surface area contributed by atoms with Gasteiger partial charge in [0.25, 0.3) is 0 Å². The number of nitrogens with zero attached hydrogens (tertiary/aromatic N) is 6. The molecule has 1 aliphatic heterocycles. The Morgan fingerprint density at radius 3 is 2.79 bits per heavy atom. The number of nitrogens with one attached hydrogen (secondary N) is 1. The standard InChI is InChI=1S/C19H20N6S.C4H7NO2/c1-24(2)15-10-25-12(7-8-22-25)9-14(15)23-18-17-13-5-3-4-6-16(13)26-19(17)21-11-20-18;6-3-5-1-4(7)2-5/h7-11H,3-6H2,1-2H3,(H,20,21,23);3-4,7H,1-2H2. The van der Waals surface area contributed by atoms with Crippen molar-refractivity contribution in [2.75, 3.05) is 37.4 Å². The molecule has 2 N–H and O–H groups in total. The van der Waals surface area contributed by atoms with Gasteiger partial charge in [-0.1, -0.05) is 0 Å². The molecule has 0 radical (unpaired) electrons. The van der Waals surface area contributed by atoms with Gasteiger partial charge in [-0.15, -0.1) is 11.3 Å². The van der Waals surface area contributed by atoms with Crippen molar-refractivity contribution in [1.82, 2.24) is 24.5 Å². The monoisotopic (exact) mass is 465 g/mol. The Morgan fingerprint density at radius 2 is 2.06 bits per heavy atom. The normalized spacial score (nSPS) is 15.5. The van der Waals surface area contributed by atoms with Gasteiger partial charge in [-0.25, -0.2) is 14.5 Å². The molecule has 0 aromatic carbocycles. The molecule has 4 aromatic heterocycles. The van der Waals surface area contributed by atoms with Gasteiger partial charge in [0.1, 0.15) is 17.0 Å². The maximum absolute atomic E-state index is 9.75. The number of fused-ring (bicyclic) bond motifs is 4. The molecule has 0 unspecified atom stereocenters. The van der Waals surface area contributed by atoms with Crippen molar-refractivity contribution in [2.45, 2.75) is 31.8 Å². The predicted octanol–water partition coefficient (Wildman–Crippen LogP) is 2.85. The van der Waals surface area contributed by atoms with Crippen molar-refractivity contribution >= 4 is 50.7 Å². The van der Waals surface area contributed by atoms with Crippen LogP contribution in [-0.4, -0.2) is 69.3 Å². The molecule has 9 nitrogen and oxygen atoms in total. The van der Waals surface area contributed by atoms with Gasteiger partial charge in [-0.2, -0.15) is 5.10 Å². The summed E-state index contributed by atoms with van der Waals surface area (Å²) in [5.41, 5.74) is 4.59. The first-order valence-electron chi connectivity index (χ1n) is 11.1. The van der Waals surface area contributed by atoms with E-state index in [1.807, 2.05) is 48.4 Å². The molecule has 0 atom stereocenters. The van der Waals surface area contributed by atoms with E-state index in [-0.39, 0.29) is 6.10 Å². The number of aliphatic hydroxyl groups excluding tert-OH is 1. The topological polar surface area (TPSA) is 98.9 Å². The van der Waals surface area contributed by atoms with Gasteiger partial charge < -0.3 is 20.2 Å². The Hall–Kier alpha value is -3.24. The third-order valence-corrected chi connectivity index (χ3v) is 7.24. The van der Waals surface area contributed by atoms with Crippen LogP contribution < -0.4 is 10.2 Å². The molecule has 33 heavy (non-hydrogen) atoms. The van der Waals surface area contributed by atoms with Crippen LogP contribution in [0.2, 0.25) is 0 Å². The molecule has 0 bridgehead atoms. The van der Waals surface area contributed by atoms with Gasteiger partial charge in [0.05, 0.1) is 34.6 Å². The highest BCUT2D eigenvalue weighted by Gasteiger charge is 2.22. The fraction of sp³-hybridized carbons (Fsp3) is 0.391. The van der Waals surface area contributed by atoms with Crippen LogP contribution in [0.15, 0.2) is 30.9 Å². The highest BCUT2D eigenvalue weighted by Crippen LogP contribution is 2.39. The number of aromatic nitrogens is 4. The molecule has 5 heterocycles. The number of hydrogen-bond acceptors (Lipinski definition) is 8. The van der Waals surface area contributed by atoms with Crippen molar-refractivity contribution in [1.29, 1.82) is 0 Å². The summed E-state index contributed by atoms with van der Waals surface area (Å²) in [6.45, 7) is 1.03. The first-order chi connectivity index (χ1) is 16.0. The fourth-order valence-corrected chi connectivity index (χ4v) is 5.53. The molecule has 1 amide bonds. The lowest BCUT2D eigenvalue weighted by molar-refractivity contribution is -0.127. The van der Waals surface area contributed by atoms with Crippen LogP contribution in [0.1, 0.15) is 23.3 Å². The number of anilines is 3. The second-order valence-corrected chi connectivity index (χ2v) is 9.70. The second kappa shape index (κ2) is 8.95. The largest absolute Gasteiger partial charge is 0.389 e. The fourth-order valence-electron chi connectivity index (χ4n) is 4.30. The van der Waals surface area contributed by atoms with Crippen LogP contribution >= 0.6 is 11.3 Å². The van der Waals surface area contributed by atoms with Crippen molar-refractivity contribution in [2.24, 2.45) is 0 Å². The number of thiophene rings is 1. The van der Waals surface area contributed by atoms with Gasteiger partial charge >= 0.3 is 0 Å². The van der Waals surface area contributed by atoms with E-state index in [9.17, 15) is 4.79 Å². The van der Waals surface area contributed by atoms with Crippen LogP contribution in [0.4, 0.5) is 17.2 Å². The summed E-state index contributed by atoms with van der Waals surface area (Å²) < 4.78 is 1.89. The molecule has 1 saturated heterocycles. The molecule has 0 spiro atoms. The van der Waals surface area contributed by atoms with Crippen LogP contribution in [0.25, 0.3) is 15.7 Å². The number of β-amino-alcohol motifs (C(OH)–C–C–N with tert-alkyl or cyclic N) is 1. The zero-order chi connectivity index (χ0) is 22.9. The van der Waals surface area contributed by atoms with E-state index >= 15 is 0 Å². The maximum Gasteiger partial charge on any atom is 0.209 e. The minimum atomic E-state index is -0.259. The number of carbonyl (C=O) groups excluding carboxylic acids is 1. The smallest absolute Gasteiger partial charge is 0.209 e. The highest BCUT2D eigenvalue weighted by atomic mass is 32.1. The number of pyridine rings is 1. The average molecular weight is 466 g/mol. The van der Waals surface area contributed by atoms with E-state index < -0.39 is 0 Å². The molecule has 1 fully saturated rings. The Balaban J connectivity index is 0.000000281. The Morgan fingerprint density at radius 1 is 1.24 bits per heavy atom. The quantitative estimate of drug-likeness (QED) is 0.447. The van der Waals surface area contributed by atoms with E-state index in [0.717, 1.165) is 40.4 Å².